The molecule has 2 aromatic heterocycles. The number of hydrogen-bond donors (Lipinski definition) is 2. The zero-order valence-corrected chi connectivity index (χ0v) is 20.7. The van der Waals surface area contributed by atoms with E-state index in [9.17, 15) is 14.7 Å². The fourth-order valence-corrected chi connectivity index (χ4v) is 5.46. The van der Waals surface area contributed by atoms with Crippen molar-refractivity contribution in [3.05, 3.63) is 90.1 Å². The molecule has 36 heavy (non-hydrogen) atoms. The standard InChI is InChI=1S/C27H27N5O3S/c1-18-16-20(26(28)34)4-9-23(18)32-22(8-11-25(33)31-14-15-36-27(31)35)7-10-24(32)19-2-5-21(6-3-19)30-13-12-29-17-30/h2-7,9-10,12-13,16-17,27,35H,8,11,14-15H2,1H3,(H2,28,34). The number of carbonyl (C=O) groups is 2. The van der Waals surface area contributed by atoms with Gasteiger partial charge in [0.1, 0.15) is 0 Å². The molecule has 184 valence electrons. The molecule has 1 fully saturated rings. The first kappa shape index (κ1) is 23.9. The van der Waals surface area contributed by atoms with Crippen LogP contribution in [0.5, 0.6) is 0 Å². The van der Waals surface area contributed by atoms with E-state index in [1.165, 1.54) is 16.7 Å². The Hall–Kier alpha value is -3.82. The van der Waals surface area contributed by atoms with Gasteiger partial charge in [0.25, 0.3) is 0 Å². The third-order valence-electron chi connectivity index (χ3n) is 6.43. The van der Waals surface area contributed by atoms with E-state index in [-0.39, 0.29) is 5.91 Å². The van der Waals surface area contributed by atoms with Crippen LogP contribution >= 0.6 is 11.8 Å². The van der Waals surface area contributed by atoms with Crippen LogP contribution in [0.25, 0.3) is 22.6 Å². The Balaban J connectivity index is 1.51. The second kappa shape index (κ2) is 10.0. The molecule has 3 heterocycles. The lowest BCUT2D eigenvalue weighted by Crippen LogP contribution is -2.34. The Bertz CT molecular complexity index is 1400. The first-order chi connectivity index (χ1) is 17.4. The number of hydrogen-bond acceptors (Lipinski definition) is 5. The Labute approximate surface area is 213 Å². The van der Waals surface area contributed by atoms with E-state index in [0.717, 1.165) is 39.6 Å². The molecule has 9 heteroatoms. The number of primary amides is 1. The van der Waals surface area contributed by atoms with Gasteiger partial charge in [-0.05, 0) is 66.9 Å². The summed E-state index contributed by atoms with van der Waals surface area (Å²) in [4.78, 5) is 30.1. The number of thioether (sulfide) groups is 1. The fourth-order valence-electron chi connectivity index (χ4n) is 4.54. The Kier molecular flexibility index (Phi) is 6.67. The number of nitrogens with zero attached hydrogens (tertiary/aromatic N) is 4. The van der Waals surface area contributed by atoms with Crippen LogP contribution in [-0.4, -0.2) is 53.8 Å². The van der Waals surface area contributed by atoms with Crippen molar-refractivity contribution in [2.45, 2.75) is 25.3 Å². The van der Waals surface area contributed by atoms with Crippen LogP contribution in [0.3, 0.4) is 0 Å². The summed E-state index contributed by atoms with van der Waals surface area (Å²) in [7, 11) is 0. The van der Waals surface area contributed by atoms with Crippen molar-refractivity contribution in [3.63, 3.8) is 0 Å². The van der Waals surface area contributed by atoms with Gasteiger partial charge in [0.05, 0.1) is 12.0 Å². The van der Waals surface area contributed by atoms with Crippen LogP contribution in [0.15, 0.2) is 73.3 Å². The second-order valence-corrected chi connectivity index (χ2v) is 9.88. The Morgan fingerprint density at radius 2 is 1.94 bits per heavy atom. The number of carbonyl (C=O) groups excluding carboxylic acids is 2. The van der Waals surface area contributed by atoms with E-state index >= 15 is 0 Å². The molecular weight excluding hydrogens is 474 g/mol. The lowest BCUT2D eigenvalue weighted by Gasteiger charge is -2.20. The quantitative estimate of drug-likeness (QED) is 0.403. The highest BCUT2D eigenvalue weighted by Gasteiger charge is 2.27. The summed E-state index contributed by atoms with van der Waals surface area (Å²) in [5, 5.41) is 10.1. The summed E-state index contributed by atoms with van der Waals surface area (Å²) in [5.74, 6) is 0.209. The largest absolute Gasteiger partial charge is 0.366 e. The van der Waals surface area contributed by atoms with Crippen molar-refractivity contribution < 1.29 is 14.7 Å². The monoisotopic (exact) mass is 501 g/mol. The minimum atomic E-state index is -0.766. The van der Waals surface area contributed by atoms with Crippen molar-refractivity contribution in [1.29, 1.82) is 0 Å². The average Bonchev–Trinajstić information content (AvgIpc) is 3.64. The van der Waals surface area contributed by atoms with Crippen LogP contribution in [0.4, 0.5) is 0 Å². The molecule has 1 aliphatic heterocycles. The van der Waals surface area contributed by atoms with Gasteiger partial charge < -0.3 is 24.9 Å². The smallest absolute Gasteiger partial charge is 0.248 e. The average molecular weight is 502 g/mol. The van der Waals surface area contributed by atoms with E-state index in [4.69, 9.17) is 5.73 Å². The molecule has 3 N–H and O–H groups in total. The first-order valence-electron chi connectivity index (χ1n) is 11.7. The van der Waals surface area contributed by atoms with Gasteiger partial charge >= 0.3 is 0 Å². The number of imidazole rings is 1. The van der Waals surface area contributed by atoms with Gasteiger partial charge in [-0.25, -0.2) is 4.98 Å². The lowest BCUT2D eigenvalue weighted by molar-refractivity contribution is -0.135. The van der Waals surface area contributed by atoms with Crippen LogP contribution in [-0.2, 0) is 11.2 Å². The predicted octanol–water partition coefficient (Wildman–Crippen LogP) is 3.52. The van der Waals surface area contributed by atoms with Gasteiger partial charge in [0.15, 0.2) is 5.56 Å². The maximum Gasteiger partial charge on any atom is 0.248 e. The third-order valence-corrected chi connectivity index (χ3v) is 7.40. The van der Waals surface area contributed by atoms with E-state index in [0.29, 0.717) is 24.9 Å². The molecule has 1 atom stereocenters. The zero-order chi connectivity index (χ0) is 25.2. The molecule has 0 bridgehead atoms. The topological polar surface area (TPSA) is 106 Å². The summed E-state index contributed by atoms with van der Waals surface area (Å²) in [6.45, 7) is 2.51. The van der Waals surface area contributed by atoms with Crippen LogP contribution in [0.1, 0.15) is 28.0 Å². The van der Waals surface area contributed by atoms with Crippen molar-refractivity contribution >= 4 is 23.6 Å². The summed E-state index contributed by atoms with van der Waals surface area (Å²) in [6.07, 6.45) is 6.19. The van der Waals surface area contributed by atoms with Crippen molar-refractivity contribution in [2.75, 3.05) is 12.3 Å². The van der Waals surface area contributed by atoms with E-state index in [1.54, 1.807) is 24.7 Å². The fraction of sp³-hybridized carbons (Fsp3) is 0.222. The molecule has 0 aliphatic carbocycles. The van der Waals surface area contributed by atoms with Crippen LogP contribution < -0.4 is 5.73 Å². The molecule has 5 rings (SSSR count). The molecule has 1 saturated heterocycles. The second-order valence-electron chi connectivity index (χ2n) is 8.71. The maximum atomic E-state index is 12.8. The highest BCUT2D eigenvalue weighted by atomic mass is 32.2. The summed E-state index contributed by atoms with van der Waals surface area (Å²) < 4.78 is 4.08. The number of aliphatic hydroxyl groups is 1. The minimum Gasteiger partial charge on any atom is -0.366 e. The zero-order valence-electron chi connectivity index (χ0n) is 19.9. The Morgan fingerprint density at radius 3 is 2.58 bits per heavy atom. The van der Waals surface area contributed by atoms with Gasteiger partial charge in [-0.15, -0.1) is 11.8 Å². The summed E-state index contributed by atoms with van der Waals surface area (Å²) >= 11 is 1.37. The third kappa shape index (κ3) is 4.67. The van der Waals surface area contributed by atoms with Crippen LogP contribution in [0.2, 0.25) is 0 Å². The van der Waals surface area contributed by atoms with Crippen LogP contribution in [0, 0.1) is 6.92 Å². The number of aryl methyl sites for hydroxylation is 2. The molecule has 0 saturated carbocycles. The number of nitrogens with two attached hydrogens (primary N) is 1. The Morgan fingerprint density at radius 1 is 1.14 bits per heavy atom. The SMILES string of the molecule is Cc1cc(C(N)=O)ccc1-n1c(CCC(=O)N2CCSC2O)ccc1-c1ccc(-n2ccnc2)cc1. The number of amides is 2. The van der Waals surface area contributed by atoms with Gasteiger partial charge in [0, 0.05) is 53.7 Å². The summed E-state index contributed by atoms with van der Waals surface area (Å²) in [6, 6.07) is 17.7. The van der Waals surface area contributed by atoms with Gasteiger partial charge in [0.2, 0.25) is 11.8 Å². The van der Waals surface area contributed by atoms with Gasteiger partial charge in [-0.1, -0.05) is 12.1 Å². The molecule has 2 amide bonds. The highest BCUT2D eigenvalue weighted by molar-refractivity contribution is 7.99. The first-order valence-corrected chi connectivity index (χ1v) is 12.8. The van der Waals surface area contributed by atoms with Crippen molar-refractivity contribution in [2.24, 2.45) is 5.73 Å². The summed E-state index contributed by atoms with van der Waals surface area (Å²) in [5.41, 5.74) is 11.0. The number of aromatic nitrogens is 3. The molecule has 4 aromatic rings. The van der Waals surface area contributed by atoms with Crippen molar-refractivity contribution in [3.8, 4) is 22.6 Å². The van der Waals surface area contributed by atoms with E-state index in [1.807, 2.05) is 48.0 Å². The predicted molar refractivity (Wildman–Crippen MR) is 140 cm³/mol. The highest BCUT2D eigenvalue weighted by Crippen LogP contribution is 2.31. The maximum absolute atomic E-state index is 12.8. The molecular formula is C27H27N5O3S. The molecule has 0 radical (unpaired) electrons. The van der Waals surface area contributed by atoms with Gasteiger partial charge in [-0.2, -0.15) is 0 Å². The lowest BCUT2D eigenvalue weighted by atomic mass is 10.1. The molecule has 2 aromatic carbocycles. The van der Waals surface area contributed by atoms with E-state index in [2.05, 4.69) is 21.7 Å². The normalized spacial score (nSPS) is 15.4. The molecule has 1 aliphatic rings. The number of benzene rings is 2. The van der Waals surface area contributed by atoms with Crippen molar-refractivity contribution in [1.82, 2.24) is 19.0 Å². The molecule has 8 nitrogen and oxygen atoms in total. The number of rotatable bonds is 7. The number of aliphatic hydroxyl groups excluding tert-OH is 1. The molecule has 1 unspecified atom stereocenters. The van der Waals surface area contributed by atoms with E-state index < -0.39 is 11.5 Å². The van der Waals surface area contributed by atoms with Gasteiger partial charge in [-0.3, -0.25) is 9.59 Å². The molecule has 0 spiro atoms. The minimum absolute atomic E-state index is 0.0627.